The summed E-state index contributed by atoms with van der Waals surface area (Å²) in [5, 5.41) is 2.78. The zero-order valence-corrected chi connectivity index (χ0v) is 10.2. The van der Waals surface area contributed by atoms with Crippen LogP contribution in [-0.4, -0.2) is 25.8 Å². The number of hydrogen-bond acceptors (Lipinski definition) is 3. The average molecular weight is 253 g/mol. The summed E-state index contributed by atoms with van der Waals surface area (Å²) < 4.78 is 22.5. The molecule has 1 fully saturated rings. The minimum absolute atomic E-state index is 0.00633. The van der Waals surface area contributed by atoms with Gasteiger partial charge in [-0.2, -0.15) is 0 Å². The summed E-state index contributed by atoms with van der Waals surface area (Å²) in [5.41, 5.74) is 1.02. The summed E-state index contributed by atoms with van der Waals surface area (Å²) in [6, 6.07) is 9.56. The van der Waals surface area contributed by atoms with Gasteiger partial charge in [0.15, 0.2) is 9.84 Å². The van der Waals surface area contributed by atoms with Gasteiger partial charge in [0.2, 0.25) is 5.91 Å². The fraction of sp³-hybridized carbons (Fsp3) is 0.417. The second kappa shape index (κ2) is 4.87. The van der Waals surface area contributed by atoms with Crippen molar-refractivity contribution in [2.24, 2.45) is 5.92 Å². The minimum atomic E-state index is -2.98. The van der Waals surface area contributed by atoms with Crippen molar-refractivity contribution in [1.29, 1.82) is 0 Å². The molecule has 0 saturated carbocycles. The van der Waals surface area contributed by atoms with Gasteiger partial charge in [-0.25, -0.2) is 8.42 Å². The molecular formula is C12H15NO3S. The van der Waals surface area contributed by atoms with E-state index in [9.17, 15) is 13.2 Å². The van der Waals surface area contributed by atoms with Gasteiger partial charge in [0.05, 0.1) is 17.4 Å². The Morgan fingerprint density at radius 3 is 2.59 bits per heavy atom. The standard InChI is InChI=1S/C12H15NO3S/c14-12(11-6-7-17(15,16)9-11)13-8-10-4-2-1-3-5-10/h1-5,11H,6-9H2,(H,13,14). The SMILES string of the molecule is O=C(NCc1ccccc1)C1CCS(=O)(=O)C1. The fourth-order valence-electron chi connectivity index (χ4n) is 1.93. The number of carbonyl (C=O) groups excluding carboxylic acids is 1. The summed E-state index contributed by atoms with van der Waals surface area (Å²) in [6.07, 6.45) is 0.447. The lowest BCUT2D eigenvalue weighted by atomic mass is 10.1. The maximum Gasteiger partial charge on any atom is 0.224 e. The van der Waals surface area contributed by atoms with Crippen LogP contribution in [0.2, 0.25) is 0 Å². The van der Waals surface area contributed by atoms with Crippen molar-refractivity contribution in [2.45, 2.75) is 13.0 Å². The number of nitrogens with one attached hydrogen (secondary N) is 1. The number of rotatable bonds is 3. The lowest BCUT2D eigenvalue weighted by Gasteiger charge is -2.09. The summed E-state index contributed by atoms with van der Waals surface area (Å²) in [4.78, 5) is 11.7. The monoisotopic (exact) mass is 253 g/mol. The molecule has 1 saturated heterocycles. The van der Waals surface area contributed by atoms with Crippen LogP contribution in [0, 0.1) is 5.92 Å². The summed E-state index contributed by atoms with van der Waals surface area (Å²) in [7, 11) is -2.98. The van der Waals surface area contributed by atoms with Crippen molar-refractivity contribution in [2.75, 3.05) is 11.5 Å². The van der Waals surface area contributed by atoms with Crippen LogP contribution in [0.15, 0.2) is 30.3 Å². The number of hydrogen-bond donors (Lipinski definition) is 1. The maximum atomic E-state index is 11.7. The Kier molecular flexibility index (Phi) is 3.47. The molecule has 0 aliphatic carbocycles. The van der Waals surface area contributed by atoms with E-state index in [4.69, 9.17) is 0 Å². The van der Waals surface area contributed by atoms with E-state index in [0.717, 1.165) is 5.56 Å². The van der Waals surface area contributed by atoms with E-state index in [-0.39, 0.29) is 23.3 Å². The Morgan fingerprint density at radius 2 is 2.00 bits per heavy atom. The predicted octanol–water partition coefficient (Wildman–Crippen LogP) is 0.737. The van der Waals surface area contributed by atoms with E-state index in [1.807, 2.05) is 30.3 Å². The Labute approximate surface area is 101 Å². The molecule has 1 N–H and O–H groups in total. The highest BCUT2D eigenvalue weighted by Gasteiger charge is 2.32. The molecular weight excluding hydrogens is 238 g/mol. The zero-order chi connectivity index (χ0) is 12.3. The Bertz CT molecular complexity index is 496. The predicted molar refractivity (Wildman–Crippen MR) is 65.0 cm³/mol. The van der Waals surface area contributed by atoms with Crippen molar-refractivity contribution in [3.63, 3.8) is 0 Å². The van der Waals surface area contributed by atoms with Crippen LogP contribution < -0.4 is 5.32 Å². The van der Waals surface area contributed by atoms with Crippen LogP contribution >= 0.6 is 0 Å². The second-order valence-corrected chi connectivity index (χ2v) is 6.53. The van der Waals surface area contributed by atoms with Crippen LogP contribution in [0.1, 0.15) is 12.0 Å². The number of amides is 1. The molecule has 1 aliphatic rings. The molecule has 17 heavy (non-hydrogen) atoms. The summed E-state index contributed by atoms with van der Waals surface area (Å²) >= 11 is 0. The third-order valence-corrected chi connectivity index (χ3v) is 4.68. The second-order valence-electron chi connectivity index (χ2n) is 4.30. The third-order valence-electron chi connectivity index (χ3n) is 2.91. The lowest BCUT2D eigenvalue weighted by Crippen LogP contribution is -2.30. The average Bonchev–Trinajstić information content (AvgIpc) is 2.68. The first-order valence-corrected chi connectivity index (χ1v) is 7.41. The maximum absolute atomic E-state index is 11.7. The lowest BCUT2D eigenvalue weighted by molar-refractivity contribution is -0.124. The van der Waals surface area contributed by atoms with Gasteiger partial charge in [0.25, 0.3) is 0 Å². The van der Waals surface area contributed by atoms with Gasteiger partial charge in [-0.05, 0) is 12.0 Å². The number of benzene rings is 1. The minimum Gasteiger partial charge on any atom is -0.352 e. The van der Waals surface area contributed by atoms with E-state index in [2.05, 4.69) is 5.32 Å². The normalized spacial score (nSPS) is 22.2. The summed E-state index contributed by atoms with van der Waals surface area (Å²) in [6.45, 7) is 0.455. The van der Waals surface area contributed by atoms with Gasteiger partial charge in [-0.1, -0.05) is 30.3 Å². The highest BCUT2D eigenvalue weighted by atomic mass is 32.2. The van der Waals surface area contributed by atoms with Crippen LogP contribution in [0.5, 0.6) is 0 Å². The van der Waals surface area contributed by atoms with E-state index in [0.29, 0.717) is 13.0 Å². The Balaban J connectivity index is 1.87. The molecule has 1 aliphatic heterocycles. The molecule has 1 aromatic carbocycles. The zero-order valence-electron chi connectivity index (χ0n) is 9.43. The smallest absolute Gasteiger partial charge is 0.224 e. The first kappa shape index (κ1) is 12.1. The molecule has 1 unspecified atom stereocenters. The quantitative estimate of drug-likeness (QED) is 0.864. The molecule has 5 heteroatoms. The molecule has 1 heterocycles. The van der Waals surface area contributed by atoms with Crippen LogP contribution in [-0.2, 0) is 21.2 Å². The molecule has 0 spiro atoms. The number of sulfone groups is 1. The largest absolute Gasteiger partial charge is 0.352 e. The highest BCUT2D eigenvalue weighted by Crippen LogP contribution is 2.18. The highest BCUT2D eigenvalue weighted by molar-refractivity contribution is 7.91. The molecule has 0 radical (unpaired) electrons. The third kappa shape index (κ3) is 3.30. The van der Waals surface area contributed by atoms with Gasteiger partial charge >= 0.3 is 0 Å². The van der Waals surface area contributed by atoms with E-state index >= 15 is 0 Å². The molecule has 2 rings (SSSR count). The Morgan fingerprint density at radius 1 is 1.29 bits per heavy atom. The first-order chi connectivity index (χ1) is 8.07. The van der Waals surface area contributed by atoms with Crippen molar-refractivity contribution in [3.8, 4) is 0 Å². The fourth-order valence-corrected chi connectivity index (χ4v) is 3.67. The molecule has 1 amide bonds. The van der Waals surface area contributed by atoms with Crippen molar-refractivity contribution >= 4 is 15.7 Å². The van der Waals surface area contributed by atoms with Crippen LogP contribution in [0.25, 0.3) is 0 Å². The van der Waals surface area contributed by atoms with Crippen molar-refractivity contribution in [3.05, 3.63) is 35.9 Å². The van der Waals surface area contributed by atoms with Gasteiger partial charge < -0.3 is 5.32 Å². The van der Waals surface area contributed by atoms with E-state index < -0.39 is 9.84 Å². The molecule has 0 bridgehead atoms. The first-order valence-electron chi connectivity index (χ1n) is 5.59. The topological polar surface area (TPSA) is 63.2 Å². The molecule has 92 valence electrons. The van der Waals surface area contributed by atoms with Gasteiger partial charge in [0.1, 0.15) is 0 Å². The van der Waals surface area contributed by atoms with Crippen LogP contribution in [0.3, 0.4) is 0 Å². The van der Waals surface area contributed by atoms with E-state index in [1.165, 1.54) is 0 Å². The van der Waals surface area contributed by atoms with Crippen molar-refractivity contribution in [1.82, 2.24) is 5.32 Å². The molecule has 0 aromatic heterocycles. The molecule has 4 nitrogen and oxygen atoms in total. The van der Waals surface area contributed by atoms with Gasteiger partial charge in [-0.3, -0.25) is 4.79 Å². The Hall–Kier alpha value is -1.36. The van der Waals surface area contributed by atoms with Crippen LogP contribution in [0.4, 0.5) is 0 Å². The molecule has 1 aromatic rings. The number of carbonyl (C=O) groups is 1. The van der Waals surface area contributed by atoms with Gasteiger partial charge in [-0.15, -0.1) is 0 Å². The van der Waals surface area contributed by atoms with Gasteiger partial charge in [0, 0.05) is 6.54 Å². The summed E-state index contributed by atoms with van der Waals surface area (Å²) in [5.74, 6) is -0.400. The van der Waals surface area contributed by atoms with Crippen molar-refractivity contribution < 1.29 is 13.2 Å². The van der Waals surface area contributed by atoms with E-state index in [1.54, 1.807) is 0 Å². The molecule has 1 atom stereocenters.